The van der Waals surface area contributed by atoms with Crippen molar-refractivity contribution in [2.24, 2.45) is 0 Å². The smallest absolute Gasteiger partial charge is 0.137 e. The highest BCUT2D eigenvalue weighted by Gasteiger charge is 2.21. The van der Waals surface area contributed by atoms with Crippen molar-refractivity contribution in [3.05, 3.63) is 267 Å². The SMILES string of the molecule is c1ccc(N(c2ccc(-c3ccc(-c4ccccc4-c4ccc(-c5ccc(N(c6ccccc6)c6cccc7oc8ccccc8c67)cc5)cc4)cc3)cc2)c2cccc3oc4ccccc4c23)cc1. The second-order valence-electron chi connectivity index (χ2n) is 17.6. The van der Waals surface area contributed by atoms with Crippen molar-refractivity contribution in [1.82, 2.24) is 0 Å². The Balaban J connectivity index is 0.767. The average molecular weight is 897 g/mol. The number of fused-ring (bicyclic) bond motifs is 6. The largest absolute Gasteiger partial charge is 0.456 e. The molecular weight excluding hydrogens is 853 g/mol. The Hall–Kier alpha value is -9.38. The first-order valence-corrected chi connectivity index (χ1v) is 23.7. The molecule has 0 fully saturated rings. The van der Waals surface area contributed by atoms with Gasteiger partial charge in [0.05, 0.1) is 22.1 Å². The number of anilines is 6. The van der Waals surface area contributed by atoms with Gasteiger partial charge in [-0.2, -0.15) is 0 Å². The minimum Gasteiger partial charge on any atom is -0.456 e. The summed E-state index contributed by atoms with van der Waals surface area (Å²) >= 11 is 0. The molecule has 0 aliphatic carbocycles. The summed E-state index contributed by atoms with van der Waals surface area (Å²) in [5.41, 5.74) is 19.4. The Labute approximate surface area is 406 Å². The summed E-state index contributed by atoms with van der Waals surface area (Å²) < 4.78 is 12.6. The van der Waals surface area contributed by atoms with Crippen molar-refractivity contribution in [3.63, 3.8) is 0 Å². The fourth-order valence-corrected chi connectivity index (χ4v) is 10.2. The topological polar surface area (TPSA) is 32.8 Å². The van der Waals surface area contributed by atoms with E-state index in [0.717, 1.165) is 100 Å². The van der Waals surface area contributed by atoms with E-state index >= 15 is 0 Å². The normalized spacial score (nSPS) is 11.4. The number of furan rings is 2. The van der Waals surface area contributed by atoms with E-state index < -0.39 is 0 Å². The van der Waals surface area contributed by atoms with Crippen LogP contribution >= 0.6 is 0 Å². The van der Waals surface area contributed by atoms with Crippen molar-refractivity contribution >= 4 is 78.0 Å². The quantitative estimate of drug-likeness (QED) is 0.137. The van der Waals surface area contributed by atoms with Gasteiger partial charge < -0.3 is 18.6 Å². The molecule has 0 aliphatic heterocycles. The zero-order valence-corrected chi connectivity index (χ0v) is 38.1. The molecule has 0 saturated heterocycles. The van der Waals surface area contributed by atoms with Crippen LogP contribution in [0.2, 0.25) is 0 Å². The molecule has 0 radical (unpaired) electrons. The van der Waals surface area contributed by atoms with Crippen LogP contribution in [0.1, 0.15) is 0 Å². The number of hydrogen-bond acceptors (Lipinski definition) is 4. The number of benzene rings is 11. The van der Waals surface area contributed by atoms with Gasteiger partial charge in [0.25, 0.3) is 0 Å². The van der Waals surface area contributed by atoms with Gasteiger partial charge in [-0.25, -0.2) is 0 Å². The van der Waals surface area contributed by atoms with Gasteiger partial charge in [0.2, 0.25) is 0 Å². The zero-order valence-electron chi connectivity index (χ0n) is 38.1. The maximum Gasteiger partial charge on any atom is 0.137 e. The molecule has 0 unspecified atom stereocenters. The highest BCUT2D eigenvalue weighted by atomic mass is 16.3. The van der Waals surface area contributed by atoms with Gasteiger partial charge in [-0.3, -0.25) is 0 Å². The van der Waals surface area contributed by atoms with Gasteiger partial charge in [0, 0.05) is 33.5 Å². The highest BCUT2D eigenvalue weighted by molar-refractivity contribution is 6.14. The van der Waals surface area contributed by atoms with Gasteiger partial charge in [0.15, 0.2) is 0 Å². The van der Waals surface area contributed by atoms with Crippen LogP contribution in [0.4, 0.5) is 34.1 Å². The van der Waals surface area contributed by atoms with E-state index in [9.17, 15) is 0 Å². The minimum atomic E-state index is 0.873. The third-order valence-corrected chi connectivity index (χ3v) is 13.5. The van der Waals surface area contributed by atoms with Crippen LogP contribution in [0, 0.1) is 0 Å². The summed E-state index contributed by atoms with van der Waals surface area (Å²) in [5, 5.41) is 4.41. The minimum absolute atomic E-state index is 0.873. The molecule has 13 rings (SSSR count). The Kier molecular flexibility index (Phi) is 10.1. The fourth-order valence-electron chi connectivity index (χ4n) is 10.2. The summed E-state index contributed by atoms with van der Waals surface area (Å²) in [5.74, 6) is 0. The van der Waals surface area contributed by atoms with Gasteiger partial charge in [-0.05, 0) is 129 Å². The Morgan fingerprint density at radius 3 is 0.914 bits per heavy atom. The third kappa shape index (κ3) is 7.27. The third-order valence-electron chi connectivity index (χ3n) is 13.5. The number of hydrogen-bond donors (Lipinski definition) is 0. The number of nitrogens with zero attached hydrogens (tertiary/aromatic N) is 2. The molecule has 4 nitrogen and oxygen atoms in total. The Morgan fingerprint density at radius 2 is 0.514 bits per heavy atom. The summed E-state index contributed by atoms with van der Waals surface area (Å²) in [6, 6.07) is 94.6. The van der Waals surface area contributed by atoms with E-state index in [1.54, 1.807) is 0 Å². The number of para-hydroxylation sites is 4. The van der Waals surface area contributed by atoms with E-state index in [0.29, 0.717) is 0 Å². The van der Waals surface area contributed by atoms with Crippen LogP contribution < -0.4 is 9.80 Å². The van der Waals surface area contributed by atoms with E-state index in [4.69, 9.17) is 8.83 Å². The fraction of sp³-hybridized carbons (Fsp3) is 0. The molecule has 13 aromatic rings. The molecule has 0 amide bonds. The number of rotatable bonds is 10. The Bertz CT molecular complexity index is 3710. The van der Waals surface area contributed by atoms with Gasteiger partial charge >= 0.3 is 0 Å². The van der Waals surface area contributed by atoms with Crippen LogP contribution in [0.5, 0.6) is 0 Å². The standard InChI is InChI=1S/C66H44N2O2/c1-3-15-51(16-4-1)67(59-23-13-27-63-65(59)57-21-9-11-25-61(57)69-63)53-41-37-47(38-42-53)45-29-33-49(34-30-45)55-19-7-8-20-56(55)50-35-31-46(32-36-50)48-39-43-54(44-40-48)68(52-17-5-2-6-18-52)60-24-14-28-64-66(60)58-22-10-12-26-62(58)70-64/h1-44H. The van der Waals surface area contributed by atoms with Crippen LogP contribution in [-0.2, 0) is 0 Å². The maximum atomic E-state index is 6.30. The first-order chi connectivity index (χ1) is 34.7. The molecule has 0 N–H and O–H groups in total. The van der Waals surface area contributed by atoms with Gasteiger partial charge in [-0.15, -0.1) is 0 Å². The summed E-state index contributed by atoms with van der Waals surface area (Å²) in [6.07, 6.45) is 0. The molecule has 0 bridgehead atoms. The lowest BCUT2D eigenvalue weighted by Gasteiger charge is -2.26. The van der Waals surface area contributed by atoms with Gasteiger partial charge in [0.1, 0.15) is 22.3 Å². The summed E-state index contributed by atoms with van der Waals surface area (Å²) in [7, 11) is 0. The second kappa shape index (κ2) is 17.4. The van der Waals surface area contributed by atoms with E-state index in [2.05, 4.69) is 252 Å². The van der Waals surface area contributed by atoms with Crippen molar-refractivity contribution in [3.8, 4) is 44.5 Å². The van der Waals surface area contributed by atoms with Crippen LogP contribution in [-0.4, -0.2) is 0 Å². The molecule has 330 valence electrons. The molecule has 70 heavy (non-hydrogen) atoms. The molecule has 11 aromatic carbocycles. The van der Waals surface area contributed by atoms with Crippen molar-refractivity contribution in [1.29, 1.82) is 0 Å². The predicted octanol–water partition coefficient (Wildman–Crippen LogP) is 19.1. The maximum absolute atomic E-state index is 6.30. The zero-order chi connectivity index (χ0) is 46.4. The Morgan fingerprint density at radius 1 is 0.214 bits per heavy atom. The average Bonchev–Trinajstić information content (AvgIpc) is 4.02. The molecule has 4 heteroatoms. The van der Waals surface area contributed by atoms with Gasteiger partial charge in [-0.1, -0.05) is 182 Å². The van der Waals surface area contributed by atoms with E-state index in [-0.39, 0.29) is 0 Å². The molecule has 0 atom stereocenters. The predicted molar refractivity (Wildman–Crippen MR) is 292 cm³/mol. The monoisotopic (exact) mass is 896 g/mol. The highest BCUT2D eigenvalue weighted by Crippen LogP contribution is 2.45. The lowest BCUT2D eigenvalue weighted by atomic mass is 9.92. The van der Waals surface area contributed by atoms with Crippen molar-refractivity contribution in [2.45, 2.75) is 0 Å². The van der Waals surface area contributed by atoms with Crippen molar-refractivity contribution < 1.29 is 8.83 Å². The first kappa shape index (κ1) is 40.9. The van der Waals surface area contributed by atoms with Crippen molar-refractivity contribution in [2.75, 3.05) is 9.80 Å². The van der Waals surface area contributed by atoms with E-state index in [1.165, 1.54) is 22.3 Å². The summed E-state index contributed by atoms with van der Waals surface area (Å²) in [6.45, 7) is 0. The van der Waals surface area contributed by atoms with Crippen LogP contribution in [0.25, 0.3) is 88.4 Å². The first-order valence-electron chi connectivity index (χ1n) is 23.7. The van der Waals surface area contributed by atoms with E-state index in [1.807, 2.05) is 24.3 Å². The second-order valence-corrected chi connectivity index (χ2v) is 17.6. The summed E-state index contributed by atoms with van der Waals surface area (Å²) in [4.78, 5) is 4.64. The lowest BCUT2D eigenvalue weighted by Crippen LogP contribution is -2.10. The molecule has 2 aromatic heterocycles. The molecule has 0 spiro atoms. The molecular formula is C66H44N2O2. The van der Waals surface area contributed by atoms with Crippen LogP contribution in [0.15, 0.2) is 276 Å². The molecule has 0 saturated carbocycles. The molecule has 2 heterocycles. The molecule has 0 aliphatic rings. The van der Waals surface area contributed by atoms with Crippen LogP contribution in [0.3, 0.4) is 0 Å². The lowest BCUT2D eigenvalue weighted by molar-refractivity contribution is 0.668.